The molecule has 1 saturated heterocycles. The summed E-state index contributed by atoms with van der Waals surface area (Å²) >= 11 is 5.70. The van der Waals surface area contributed by atoms with Gasteiger partial charge in [-0.15, -0.1) is 11.6 Å². The second-order valence-electron chi connectivity index (χ2n) is 5.02. The first kappa shape index (κ1) is 16.4. The zero-order valence-corrected chi connectivity index (χ0v) is 12.7. The van der Waals surface area contributed by atoms with Crippen molar-refractivity contribution in [1.29, 1.82) is 0 Å². The van der Waals surface area contributed by atoms with Crippen molar-refractivity contribution < 1.29 is 21.6 Å². The Balaban J connectivity index is 2.14. The van der Waals surface area contributed by atoms with Crippen LogP contribution in [0.2, 0.25) is 0 Å². The van der Waals surface area contributed by atoms with E-state index in [4.69, 9.17) is 11.6 Å². The van der Waals surface area contributed by atoms with E-state index in [1.54, 1.807) is 0 Å². The van der Waals surface area contributed by atoms with Gasteiger partial charge < -0.3 is 4.90 Å². The molecule has 3 nitrogen and oxygen atoms in total. The smallest absolute Gasteiger partial charge is 0.371 e. The van der Waals surface area contributed by atoms with E-state index in [-0.39, 0.29) is 0 Å². The summed E-state index contributed by atoms with van der Waals surface area (Å²) in [6.45, 7) is 1.59. The van der Waals surface area contributed by atoms with Gasteiger partial charge in [0.2, 0.25) is 0 Å². The highest BCUT2D eigenvalue weighted by Gasteiger charge is 2.46. The quantitative estimate of drug-likeness (QED) is 0.787. The van der Waals surface area contributed by atoms with E-state index in [0.29, 0.717) is 11.8 Å². The summed E-state index contributed by atoms with van der Waals surface area (Å²) in [6, 6.07) is 4.85. The maximum absolute atomic E-state index is 12.4. The van der Waals surface area contributed by atoms with Gasteiger partial charge in [0, 0.05) is 24.7 Å². The summed E-state index contributed by atoms with van der Waals surface area (Å²) in [4.78, 5) is 1.30. The van der Waals surface area contributed by atoms with E-state index < -0.39 is 20.2 Å². The maximum Gasteiger partial charge on any atom is 0.501 e. The molecule has 1 heterocycles. The number of halogens is 4. The third kappa shape index (κ3) is 3.45. The van der Waals surface area contributed by atoms with E-state index in [2.05, 4.69) is 0 Å². The predicted molar refractivity (Wildman–Crippen MR) is 75.3 cm³/mol. The van der Waals surface area contributed by atoms with Crippen molar-refractivity contribution in [2.45, 2.75) is 23.2 Å². The molecule has 0 spiro atoms. The lowest BCUT2D eigenvalue weighted by Gasteiger charge is -2.19. The fourth-order valence-electron chi connectivity index (χ4n) is 2.43. The Morgan fingerprint density at radius 3 is 2.38 bits per heavy atom. The van der Waals surface area contributed by atoms with Crippen LogP contribution in [0, 0.1) is 5.92 Å². The summed E-state index contributed by atoms with van der Waals surface area (Å²) in [5.74, 6) is 1.06. The molecule has 1 aliphatic heterocycles. The molecule has 118 valence electrons. The molecule has 21 heavy (non-hydrogen) atoms. The van der Waals surface area contributed by atoms with Gasteiger partial charge in [0.15, 0.2) is 0 Å². The fourth-order valence-corrected chi connectivity index (χ4v) is 3.50. The first-order valence-electron chi connectivity index (χ1n) is 6.48. The largest absolute Gasteiger partial charge is 0.501 e. The van der Waals surface area contributed by atoms with E-state index in [9.17, 15) is 21.6 Å². The minimum Gasteiger partial charge on any atom is -0.371 e. The van der Waals surface area contributed by atoms with Gasteiger partial charge in [-0.3, -0.25) is 0 Å². The van der Waals surface area contributed by atoms with Crippen LogP contribution in [0.5, 0.6) is 0 Å². The minimum absolute atomic E-state index is 0.473. The highest BCUT2D eigenvalue weighted by molar-refractivity contribution is 7.92. The SMILES string of the molecule is O=S(=O)(c1ccc(N2CCC(CCCl)C2)cc1)C(F)(F)F. The molecule has 8 heteroatoms. The number of nitrogens with zero attached hydrogens (tertiary/aromatic N) is 1. The molecular formula is C13H15ClF3NO2S. The van der Waals surface area contributed by atoms with Gasteiger partial charge in [0.25, 0.3) is 9.84 Å². The van der Waals surface area contributed by atoms with Crippen LogP contribution in [0.4, 0.5) is 18.9 Å². The van der Waals surface area contributed by atoms with Crippen LogP contribution < -0.4 is 4.90 Å². The maximum atomic E-state index is 12.4. The molecule has 0 N–H and O–H groups in total. The van der Waals surface area contributed by atoms with Crippen molar-refractivity contribution in [1.82, 2.24) is 0 Å². The van der Waals surface area contributed by atoms with E-state index >= 15 is 0 Å². The van der Waals surface area contributed by atoms with Gasteiger partial charge in [0.1, 0.15) is 0 Å². The van der Waals surface area contributed by atoms with Gasteiger partial charge in [-0.25, -0.2) is 8.42 Å². The summed E-state index contributed by atoms with van der Waals surface area (Å²) in [7, 11) is -5.27. The Morgan fingerprint density at radius 2 is 1.86 bits per heavy atom. The van der Waals surface area contributed by atoms with Gasteiger partial charge in [-0.05, 0) is 43.0 Å². The predicted octanol–water partition coefficient (Wildman–Crippen LogP) is 3.44. The van der Waals surface area contributed by atoms with Crippen molar-refractivity contribution in [2.75, 3.05) is 23.9 Å². The van der Waals surface area contributed by atoms with Crippen LogP contribution in [0.1, 0.15) is 12.8 Å². The molecule has 1 aromatic carbocycles. The van der Waals surface area contributed by atoms with Crippen LogP contribution in [-0.4, -0.2) is 32.9 Å². The van der Waals surface area contributed by atoms with Gasteiger partial charge in [-0.1, -0.05) is 0 Å². The highest BCUT2D eigenvalue weighted by Crippen LogP contribution is 2.32. The highest BCUT2D eigenvalue weighted by atomic mass is 35.5. The molecular weight excluding hydrogens is 327 g/mol. The normalized spacial score (nSPS) is 20.0. The Hall–Kier alpha value is -0.950. The van der Waals surface area contributed by atoms with Crippen LogP contribution in [0.3, 0.4) is 0 Å². The Bertz CT molecular complexity index is 586. The molecule has 0 amide bonds. The number of hydrogen-bond acceptors (Lipinski definition) is 3. The number of sulfone groups is 1. The van der Waals surface area contributed by atoms with Crippen LogP contribution in [0.15, 0.2) is 29.2 Å². The lowest BCUT2D eigenvalue weighted by atomic mass is 10.1. The topological polar surface area (TPSA) is 37.4 Å². The number of rotatable bonds is 4. The van der Waals surface area contributed by atoms with Crippen LogP contribution in [0.25, 0.3) is 0 Å². The molecule has 0 saturated carbocycles. The average Bonchev–Trinajstić information content (AvgIpc) is 2.87. The van der Waals surface area contributed by atoms with Crippen molar-refractivity contribution in [3.63, 3.8) is 0 Å². The summed E-state index contributed by atoms with van der Waals surface area (Å²) < 4.78 is 59.9. The van der Waals surface area contributed by atoms with Crippen molar-refractivity contribution in [3.05, 3.63) is 24.3 Å². The van der Waals surface area contributed by atoms with E-state index in [0.717, 1.165) is 43.8 Å². The molecule has 1 aliphatic rings. The van der Waals surface area contributed by atoms with Crippen molar-refractivity contribution in [3.8, 4) is 0 Å². The molecule has 1 fully saturated rings. The Kier molecular flexibility index (Phi) is 4.72. The van der Waals surface area contributed by atoms with Gasteiger partial charge in [0.05, 0.1) is 4.90 Å². The Labute approximate surface area is 126 Å². The molecule has 0 aromatic heterocycles. The molecule has 0 radical (unpaired) electrons. The second-order valence-corrected chi connectivity index (χ2v) is 7.34. The minimum atomic E-state index is -5.27. The first-order valence-corrected chi connectivity index (χ1v) is 8.50. The van der Waals surface area contributed by atoms with Crippen LogP contribution >= 0.6 is 11.6 Å². The first-order chi connectivity index (χ1) is 9.75. The molecule has 1 aromatic rings. The van der Waals surface area contributed by atoms with E-state index in [1.165, 1.54) is 12.1 Å². The number of benzene rings is 1. The zero-order valence-electron chi connectivity index (χ0n) is 11.1. The molecule has 1 unspecified atom stereocenters. The standard InChI is InChI=1S/C13H15ClF3NO2S/c14-7-5-10-6-8-18(9-10)11-1-3-12(4-2-11)21(19,20)13(15,16)17/h1-4,10H,5-9H2. The Morgan fingerprint density at radius 1 is 1.24 bits per heavy atom. The number of hydrogen-bond donors (Lipinski definition) is 0. The van der Waals surface area contributed by atoms with Crippen LogP contribution in [-0.2, 0) is 9.84 Å². The monoisotopic (exact) mass is 341 g/mol. The zero-order chi connectivity index (χ0) is 15.7. The summed E-state index contributed by atoms with van der Waals surface area (Å²) in [6.07, 6.45) is 1.88. The lowest BCUT2D eigenvalue weighted by molar-refractivity contribution is -0.0436. The lowest BCUT2D eigenvalue weighted by Crippen LogP contribution is -2.23. The molecule has 0 aliphatic carbocycles. The third-order valence-corrected chi connectivity index (χ3v) is 5.34. The number of alkyl halides is 4. The molecule has 0 bridgehead atoms. The van der Waals surface area contributed by atoms with Crippen molar-refractivity contribution >= 4 is 27.1 Å². The second kappa shape index (κ2) is 6.04. The number of anilines is 1. The average molecular weight is 342 g/mol. The molecule has 1 atom stereocenters. The third-order valence-electron chi connectivity index (χ3n) is 3.62. The van der Waals surface area contributed by atoms with Gasteiger partial charge >= 0.3 is 5.51 Å². The summed E-state index contributed by atoms with van der Waals surface area (Å²) in [5.41, 5.74) is -4.54. The van der Waals surface area contributed by atoms with E-state index in [1.807, 2.05) is 4.90 Å². The fraction of sp³-hybridized carbons (Fsp3) is 0.538. The van der Waals surface area contributed by atoms with Gasteiger partial charge in [-0.2, -0.15) is 13.2 Å². The summed E-state index contributed by atoms with van der Waals surface area (Å²) in [5, 5.41) is 0. The molecule has 2 rings (SSSR count). The van der Waals surface area contributed by atoms with Crippen molar-refractivity contribution in [2.24, 2.45) is 5.92 Å².